The number of nitrogens with zero attached hydrogens (tertiary/aromatic N) is 2. The maximum absolute atomic E-state index is 6.12. The van der Waals surface area contributed by atoms with Gasteiger partial charge in [0.15, 0.2) is 0 Å². The molecule has 0 bridgehead atoms. The van der Waals surface area contributed by atoms with Crippen LogP contribution < -0.4 is 5.32 Å². The number of rotatable bonds is 3. The summed E-state index contributed by atoms with van der Waals surface area (Å²) in [5.41, 5.74) is 1.56. The highest BCUT2D eigenvalue weighted by Gasteiger charge is 2.07. The van der Waals surface area contributed by atoms with Gasteiger partial charge in [-0.2, -0.15) is 0 Å². The standard InChI is InChI=1S/C12H11Cl2N3/c1-2-15-12-16-6-5-11(17-12)9-7-8(13)3-4-10(9)14/h3-7H,2H2,1H3,(H,15,16,17). The first-order chi connectivity index (χ1) is 8.20. The Bertz CT molecular complexity index is 529. The number of anilines is 1. The van der Waals surface area contributed by atoms with Crippen LogP contribution in [0.5, 0.6) is 0 Å². The molecule has 0 aliphatic heterocycles. The number of halogens is 2. The second-order valence-electron chi connectivity index (χ2n) is 3.42. The minimum Gasteiger partial charge on any atom is -0.354 e. The third-order valence-electron chi connectivity index (χ3n) is 2.19. The van der Waals surface area contributed by atoms with Crippen LogP contribution in [0, 0.1) is 0 Å². The van der Waals surface area contributed by atoms with Crippen molar-refractivity contribution in [2.24, 2.45) is 0 Å². The molecule has 0 fully saturated rings. The zero-order chi connectivity index (χ0) is 12.3. The molecule has 2 aromatic rings. The van der Waals surface area contributed by atoms with E-state index in [1.165, 1.54) is 0 Å². The minimum atomic E-state index is 0.584. The van der Waals surface area contributed by atoms with Crippen molar-refractivity contribution in [3.63, 3.8) is 0 Å². The van der Waals surface area contributed by atoms with E-state index in [1.54, 1.807) is 30.5 Å². The lowest BCUT2D eigenvalue weighted by Crippen LogP contribution is -2.02. The van der Waals surface area contributed by atoms with Gasteiger partial charge in [0.2, 0.25) is 5.95 Å². The van der Waals surface area contributed by atoms with Gasteiger partial charge in [-0.25, -0.2) is 9.97 Å². The Balaban J connectivity index is 2.45. The molecule has 0 atom stereocenters. The van der Waals surface area contributed by atoms with Gasteiger partial charge in [0.1, 0.15) is 0 Å². The van der Waals surface area contributed by atoms with Crippen LogP contribution in [-0.2, 0) is 0 Å². The largest absolute Gasteiger partial charge is 0.354 e. The van der Waals surface area contributed by atoms with E-state index in [4.69, 9.17) is 23.2 Å². The Morgan fingerprint density at radius 3 is 2.82 bits per heavy atom. The summed E-state index contributed by atoms with van der Waals surface area (Å²) in [6.07, 6.45) is 1.69. The second-order valence-corrected chi connectivity index (χ2v) is 4.26. The molecule has 3 nitrogen and oxygen atoms in total. The molecule has 0 saturated heterocycles. The number of benzene rings is 1. The lowest BCUT2D eigenvalue weighted by atomic mass is 10.1. The normalized spacial score (nSPS) is 10.3. The Morgan fingerprint density at radius 2 is 2.06 bits per heavy atom. The van der Waals surface area contributed by atoms with E-state index >= 15 is 0 Å². The minimum absolute atomic E-state index is 0.584. The number of nitrogens with one attached hydrogen (secondary N) is 1. The quantitative estimate of drug-likeness (QED) is 0.917. The predicted molar refractivity (Wildman–Crippen MR) is 71.7 cm³/mol. The zero-order valence-electron chi connectivity index (χ0n) is 9.24. The molecule has 1 aromatic heterocycles. The van der Waals surface area contributed by atoms with Crippen LogP contribution in [0.25, 0.3) is 11.3 Å². The molecule has 0 unspecified atom stereocenters. The number of aromatic nitrogens is 2. The van der Waals surface area contributed by atoms with E-state index in [1.807, 2.05) is 6.92 Å². The van der Waals surface area contributed by atoms with Crippen molar-refractivity contribution in [2.45, 2.75) is 6.92 Å². The van der Waals surface area contributed by atoms with Gasteiger partial charge in [0, 0.05) is 23.3 Å². The van der Waals surface area contributed by atoms with Gasteiger partial charge >= 0.3 is 0 Å². The Labute approximate surface area is 110 Å². The van der Waals surface area contributed by atoms with Gasteiger partial charge < -0.3 is 5.32 Å². The molecule has 0 aliphatic rings. The van der Waals surface area contributed by atoms with E-state index in [-0.39, 0.29) is 0 Å². The third-order valence-corrected chi connectivity index (χ3v) is 2.76. The smallest absolute Gasteiger partial charge is 0.223 e. The van der Waals surface area contributed by atoms with Crippen molar-refractivity contribution >= 4 is 29.2 Å². The predicted octanol–water partition coefficient (Wildman–Crippen LogP) is 3.88. The van der Waals surface area contributed by atoms with Crippen LogP contribution in [0.15, 0.2) is 30.5 Å². The molecule has 0 radical (unpaired) electrons. The van der Waals surface area contributed by atoms with Gasteiger partial charge in [-0.15, -0.1) is 0 Å². The van der Waals surface area contributed by atoms with Crippen LogP contribution in [0.3, 0.4) is 0 Å². The fourth-order valence-corrected chi connectivity index (χ4v) is 1.83. The van der Waals surface area contributed by atoms with Crippen molar-refractivity contribution in [1.82, 2.24) is 9.97 Å². The van der Waals surface area contributed by atoms with E-state index in [2.05, 4.69) is 15.3 Å². The van der Waals surface area contributed by atoms with Crippen LogP contribution in [-0.4, -0.2) is 16.5 Å². The molecule has 1 N–H and O–H groups in total. The van der Waals surface area contributed by atoms with E-state index < -0.39 is 0 Å². The molecule has 1 heterocycles. The van der Waals surface area contributed by atoms with Gasteiger partial charge in [-0.1, -0.05) is 23.2 Å². The van der Waals surface area contributed by atoms with Crippen molar-refractivity contribution in [3.05, 3.63) is 40.5 Å². The van der Waals surface area contributed by atoms with E-state index in [9.17, 15) is 0 Å². The van der Waals surface area contributed by atoms with Crippen molar-refractivity contribution in [3.8, 4) is 11.3 Å². The molecule has 17 heavy (non-hydrogen) atoms. The molecule has 2 rings (SSSR count). The first kappa shape index (κ1) is 12.1. The summed E-state index contributed by atoms with van der Waals surface area (Å²) >= 11 is 12.1. The molecular weight excluding hydrogens is 257 g/mol. The fraction of sp³-hybridized carbons (Fsp3) is 0.167. The third kappa shape index (κ3) is 2.87. The summed E-state index contributed by atoms with van der Waals surface area (Å²) in [4.78, 5) is 8.48. The van der Waals surface area contributed by atoms with Gasteiger partial charge in [-0.05, 0) is 31.2 Å². The Kier molecular flexibility index (Phi) is 3.82. The molecular formula is C12H11Cl2N3. The highest BCUT2D eigenvalue weighted by Crippen LogP contribution is 2.29. The van der Waals surface area contributed by atoms with E-state index in [0.717, 1.165) is 17.8 Å². The molecule has 0 spiro atoms. The zero-order valence-corrected chi connectivity index (χ0v) is 10.8. The van der Waals surface area contributed by atoms with Gasteiger partial charge in [0.25, 0.3) is 0 Å². The Morgan fingerprint density at radius 1 is 1.24 bits per heavy atom. The van der Waals surface area contributed by atoms with Crippen molar-refractivity contribution in [2.75, 3.05) is 11.9 Å². The molecule has 0 aliphatic carbocycles. The molecule has 0 saturated carbocycles. The topological polar surface area (TPSA) is 37.8 Å². The van der Waals surface area contributed by atoms with Crippen molar-refractivity contribution < 1.29 is 0 Å². The monoisotopic (exact) mass is 267 g/mol. The summed E-state index contributed by atoms with van der Waals surface area (Å²) in [5.74, 6) is 0.584. The van der Waals surface area contributed by atoms with E-state index in [0.29, 0.717) is 16.0 Å². The lowest BCUT2D eigenvalue weighted by Gasteiger charge is -2.06. The maximum atomic E-state index is 6.12. The van der Waals surface area contributed by atoms with Gasteiger partial charge in [-0.3, -0.25) is 0 Å². The highest BCUT2D eigenvalue weighted by molar-refractivity contribution is 6.35. The van der Waals surface area contributed by atoms with Crippen LogP contribution in [0.1, 0.15) is 6.92 Å². The molecule has 1 aromatic carbocycles. The SMILES string of the molecule is CCNc1nccc(-c2cc(Cl)ccc2Cl)n1. The summed E-state index contributed by atoms with van der Waals surface area (Å²) < 4.78 is 0. The summed E-state index contributed by atoms with van der Waals surface area (Å²) in [7, 11) is 0. The second kappa shape index (κ2) is 5.34. The highest BCUT2D eigenvalue weighted by atomic mass is 35.5. The van der Waals surface area contributed by atoms with Crippen LogP contribution >= 0.6 is 23.2 Å². The molecule has 88 valence electrons. The van der Waals surface area contributed by atoms with Crippen molar-refractivity contribution in [1.29, 1.82) is 0 Å². The molecule has 5 heteroatoms. The maximum Gasteiger partial charge on any atom is 0.223 e. The summed E-state index contributed by atoms with van der Waals surface area (Å²) in [6, 6.07) is 7.11. The lowest BCUT2D eigenvalue weighted by molar-refractivity contribution is 1.09. The van der Waals surface area contributed by atoms with Crippen LogP contribution in [0.4, 0.5) is 5.95 Å². The average Bonchev–Trinajstić information content (AvgIpc) is 2.33. The Hall–Kier alpha value is -1.32. The first-order valence-corrected chi connectivity index (χ1v) is 5.98. The fourth-order valence-electron chi connectivity index (χ4n) is 1.45. The summed E-state index contributed by atoms with van der Waals surface area (Å²) in [5, 5.41) is 4.31. The average molecular weight is 268 g/mol. The van der Waals surface area contributed by atoms with Gasteiger partial charge in [0.05, 0.1) is 10.7 Å². The number of hydrogen-bond acceptors (Lipinski definition) is 3. The number of hydrogen-bond donors (Lipinski definition) is 1. The first-order valence-electron chi connectivity index (χ1n) is 5.23. The molecule has 0 amide bonds. The summed E-state index contributed by atoms with van der Waals surface area (Å²) in [6.45, 7) is 2.76. The van der Waals surface area contributed by atoms with Crippen LogP contribution in [0.2, 0.25) is 10.0 Å².